The molecule has 1 aliphatic heterocycles. The molecule has 0 spiro atoms. The molecule has 1 aliphatic carbocycles. The summed E-state index contributed by atoms with van der Waals surface area (Å²) in [5, 5.41) is 3.32. The first-order valence-electron chi connectivity index (χ1n) is 10.2. The fourth-order valence-corrected chi connectivity index (χ4v) is 4.29. The van der Waals surface area contributed by atoms with Crippen molar-refractivity contribution < 1.29 is 14.4 Å². The van der Waals surface area contributed by atoms with Gasteiger partial charge in [-0.2, -0.15) is 0 Å². The molecule has 0 radical (unpaired) electrons. The number of nitrogens with one attached hydrogen (secondary N) is 2. The lowest BCUT2D eigenvalue weighted by Crippen LogP contribution is -3.19. The van der Waals surface area contributed by atoms with Crippen LogP contribution in [0.15, 0.2) is 24.3 Å². The van der Waals surface area contributed by atoms with Crippen LogP contribution < -0.4 is 19.9 Å². The lowest BCUT2D eigenvalue weighted by Gasteiger charge is -2.36. The predicted octanol–water partition coefficient (Wildman–Crippen LogP) is 1.63. The molecule has 26 heavy (non-hydrogen) atoms. The molecule has 1 saturated heterocycles. The standard InChI is InChI=1S/C21H33N3O2/c1-17(21(25)22-18-9-5-3-4-6-10-18)23-13-15-24(16-14-23)19-11-7-8-12-20(19)26-2/h7-8,11-12,17-18H,3-6,9-10,13-16H2,1-2H3,(H,22,25)/p+1/t17-/m0/s1. The van der Waals surface area contributed by atoms with E-state index in [1.165, 1.54) is 30.6 Å². The smallest absolute Gasteiger partial charge is 0.278 e. The van der Waals surface area contributed by atoms with Crippen LogP contribution in [-0.4, -0.2) is 51.3 Å². The number of nitrogens with zero attached hydrogens (tertiary/aromatic N) is 1. The summed E-state index contributed by atoms with van der Waals surface area (Å²) in [7, 11) is 1.72. The van der Waals surface area contributed by atoms with E-state index in [1.807, 2.05) is 12.1 Å². The zero-order valence-electron chi connectivity index (χ0n) is 16.3. The molecular weight excluding hydrogens is 326 g/mol. The van der Waals surface area contributed by atoms with Crippen molar-refractivity contribution >= 4 is 11.6 Å². The van der Waals surface area contributed by atoms with Gasteiger partial charge in [-0.1, -0.05) is 37.8 Å². The number of rotatable bonds is 5. The third-order valence-electron chi connectivity index (χ3n) is 6.04. The van der Waals surface area contributed by atoms with Crippen LogP contribution in [-0.2, 0) is 4.79 Å². The number of para-hydroxylation sites is 2. The molecule has 1 atom stereocenters. The Morgan fingerprint density at radius 3 is 2.46 bits per heavy atom. The second-order valence-corrected chi connectivity index (χ2v) is 7.74. The van der Waals surface area contributed by atoms with E-state index >= 15 is 0 Å². The van der Waals surface area contributed by atoms with Gasteiger partial charge in [0.25, 0.3) is 5.91 Å². The molecule has 1 amide bonds. The Hall–Kier alpha value is -1.75. The number of piperazine rings is 1. The molecule has 1 saturated carbocycles. The minimum Gasteiger partial charge on any atom is -0.495 e. The summed E-state index contributed by atoms with van der Waals surface area (Å²) in [5.41, 5.74) is 1.16. The second kappa shape index (κ2) is 9.26. The number of anilines is 1. The first kappa shape index (κ1) is 19.0. The third kappa shape index (κ3) is 4.70. The lowest BCUT2D eigenvalue weighted by molar-refractivity contribution is -0.914. The zero-order valence-corrected chi connectivity index (χ0v) is 16.3. The number of hydrogen-bond donors (Lipinski definition) is 2. The quantitative estimate of drug-likeness (QED) is 0.785. The van der Waals surface area contributed by atoms with Crippen LogP contribution in [0.5, 0.6) is 5.75 Å². The molecule has 2 fully saturated rings. The maximum Gasteiger partial charge on any atom is 0.278 e. The first-order chi connectivity index (χ1) is 12.7. The van der Waals surface area contributed by atoms with Crippen LogP contribution in [0, 0.1) is 0 Å². The Labute approximate surface area is 157 Å². The van der Waals surface area contributed by atoms with Crippen molar-refractivity contribution in [2.45, 2.75) is 57.5 Å². The normalized spacial score (nSPS) is 21.1. The van der Waals surface area contributed by atoms with Crippen molar-refractivity contribution in [3.8, 4) is 5.75 Å². The Morgan fingerprint density at radius 1 is 1.15 bits per heavy atom. The number of methoxy groups -OCH3 is 1. The molecule has 5 nitrogen and oxygen atoms in total. The van der Waals surface area contributed by atoms with Gasteiger partial charge in [-0.05, 0) is 31.9 Å². The Bertz CT molecular complexity index is 576. The highest BCUT2D eigenvalue weighted by Gasteiger charge is 2.31. The van der Waals surface area contributed by atoms with E-state index in [9.17, 15) is 4.79 Å². The maximum absolute atomic E-state index is 12.7. The van der Waals surface area contributed by atoms with Crippen molar-refractivity contribution in [1.82, 2.24) is 5.32 Å². The number of amides is 1. The van der Waals surface area contributed by atoms with E-state index in [-0.39, 0.29) is 11.9 Å². The number of hydrogen-bond acceptors (Lipinski definition) is 3. The highest BCUT2D eigenvalue weighted by molar-refractivity contribution is 5.80. The van der Waals surface area contributed by atoms with E-state index in [2.05, 4.69) is 29.3 Å². The van der Waals surface area contributed by atoms with E-state index in [4.69, 9.17) is 4.74 Å². The van der Waals surface area contributed by atoms with Gasteiger partial charge >= 0.3 is 0 Å². The van der Waals surface area contributed by atoms with Gasteiger partial charge < -0.3 is 19.9 Å². The summed E-state index contributed by atoms with van der Waals surface area (Å²) >= 11 is 0. The summed E-state index contributed by atoms with van der Waals surface area (Å²) in [5.74, 6) is 1.16. The largest absolute Gasteiger partial charge is 0.495 e. The molecule has 2 aliphatic rings. The fourth-order valence-electron chi connectivity index (χ4n) is 4.29. The lowest BCUT2D eigenvalue weighted by atomic mass is 10.1. The molecule has 0 bridgehead atoms. The molecule has 2 N–H and O–H groups in total. The fraction of sp³-hybridized carbons (Fsp3) is 0.667. The molecule has 0 unspecified atom stereocenters. The minimum atomic E-state index is 0.0260. The Balaban J connectivity index is 1.51. The first-order valence-corrected chi connectivity index (χ1v) is 10.2. The van der Waals surface area contributed by atoms with Gasteiger partial charge in [0.15, 0.2) is 6.04 Å². The number of benzene rings is 1. The molecule has 3 rings (SSSR count). The van der Waals surface area contributed by atoms with Crippen LogP contribution in [0.25, 0.3) is 0 Å². The summed E-state index contributed by atoms with van der Waals surface area (Å²) in [6, 6.07) is 8.60. The average molecular weight is 361 g/mol. The predicted molar refractivity (Wildman–Crippen MR) is 105 cm³/mol. The SMILES string of the molecule is COc1ccccc1N1CC[NH+]([C@@H](C)C(=O)NC2CCCCCC2)CC1. The third-order valence-corrected chi connectivity index (χ3v) is 6.04. The van der Waals surface area contributed by atoms with Crippen LogP contribution in [0.1, 0.15) is 45.4 Å². The second-order valence-electron chi connectivity index (χ2n) is 7.74. The Kier molecular flexibility index (Phi) is 6.78. The average Bonchev–Trinajstić information content (AvgIpc) is 2.96. The monoisotopic (exact) mass is 360 g/mol. The van der Waals surface area contributed by atoms with E-state index in [0.717, 1.165) is 50.5 Å². The van der Waals surface area contributed by atoms with Crippen LogP contribution in [0.4, 0.5) is 5.69 Å². The van der Waals surface area contributed by atoms with Gasteiger partial charge in [-0.25, -0.2) is 0 Å². The molecule has 0 aromatic heterocycles. The number of carbonyl (C=O) groups excluding carboxylic acids is 1. The summed E-state index contributed by atoms with van der Waals surface area (Å²) < 4.78 is 5.49. The summed E-state index contributed by atoms with van der Waals surface area (Å²) in [6.45, 7) is 5.96. The van der Waals surface area contributed by atoms with Gasteiger partial charge in [-0.15, -0.1) is 0 Å². The topological polar surface area (TPSA) is 46.0 Å². The van der Waals surface area contributed by atoms with Crippen molar-refractivity contribution in [3.63, 3.8) is 0 Å². The van der Waals surface area contributed by atoms with Crippen molar-refractivity contribution in [2.24, 2.45) is 0 Å². The van der Waals surface area contributed by atoms with Gasteiger partial charge in [-0.3, -0.25) is 4.79 Å². The zero-order chi connectivity index (χ0) is 18.4. The van der Waals surface area contributed by atoms with Gasteiger partial charge in [0.2, 0.25) is 0 Å². The van der Waals surface area contributed by atoms with Crippen LogP contribution in [0.2, 0.25) is 0 Å². The molecule has 1 aromatic carbocycles. The molecule has 1 heterocycles. The van der Waals surface area contributed by atoms with E-state index in [1.54, 1.807) is 7.11 Å². The van der Waals surface area contributed by atoms with Gasteiger partial charge in [0, 0.05) is 6.04 Å². The molecule has 5 heteroatoms. The summed E-state index contributed by atoms with van der Waals surface area (Å²) in [4.78, 5) is 16.5. The number of quaternary nitrogens is 1. The molecular formula is C21H34N3O2+. The number of carbonyl (C=O) groups is 1. The molecule has 1 aromatic rings. The maximum atomic E-state index is 12.7. The van der Waals surface area contributed by atoms with Crippen molar-refractivity contribution in [2.75, 3.05) is 38.2 Å². The minimum absolute atomic E-state index is 0.0260. The number of ether oxygens (including phenoxy) is 1. The van der Waals surface area contributed by atoms with Crippen molar-refractivity contribution in [1.29, 1.82) is 0 Å². The van der Waals surface area contributed by atoms with E-state index in [0.29, 0.717) is 6.04 Å². The molecule has 144 valence electrons. The Morgan fingerprint density at radius 2 is 1.81 bits per heavy atom. The van der Waals surface area contributed by atoms with E-state index < -0.39 is 0 Å². The van der Waals surface area contributed by atoms with Crippen LogP contribution >= 0.6 is 0 Å². The van der Waals surface area contributed by atoms with Crippen LogP contribution in [0.3, 0.4) is 0 Å². The van der Waals surface area contributed by atoms with Gasteiger partial charge in [0.05, 0.1) is 39.0 Å². The highest BCUT2D eigenvalue weighted by atomic mass is 16.5. The van der Waals surface area contributed by atoms with Gasteiger partial charge in [0.1, 0.15) is 5.75 Å². The summed E-state index contributed by atoms with van der Waals surface area (Å²) in [6.07, 6.45) is 7.44. The van der Waals surface area contributed by atoms with Crippen molar-refractivity contribution in [3.05, 3.63) is 24.3 Å². The highest BCUT2D eigenvalue weighted by Crippen LogP contribution is 2.27.